The van der Waals surface area contributed by atoms with Crippen molar-refractivity contribution in [3.05, 3.63) is 23.7 Å². The van der Waals surface area contributed by atoms with E-state index in [-0.39, 0.29) is 49.1 Å². The molecule has 7 fully saturated rings. The summed E-state index contributed by atoms with van der Waals surface area (Å²) in [7, 11) is 0. The summed E-state index contributed by atoms with van der Waals surface area (Å²) in [5.41, 5.74) is -4.06. The zero-order valence-corrected chi connectivity index (χ0v) is 28.1. The first-order valence-corrected chi connectivity index (χ1v) is 18.0. The lowest BCUT2D eigenvalue weighted by molar-refractivity contribution is -0.275. The largest absolute Gasteiger partial charge is 0.469 e. The van der Waals surface area contributed by atoms with Gasteiger partial charge in [0.2, 0.25) is 0 Å². The smallest absolute Gasteiger partial charge is 0.339 e. The Morgan fingerprint density at radius 3 is 2.51 bits per heavy atom. The first kappa shape index (κ1) is 32.0. The monoisotopic (exact) mass is 654 g/mol. The quantitative estimate of drug-likeness (QED) is 0.316. The zero-order valence-electron chi connectivity index (χ0n) is 28.1. The van der Waals surface area contributed by atoms with E-state index in [9.17, 15) is 24.6 Å². The third-order valence-electron chi connectivity index (χ3n) is 14.2. The van der Waals surface area contributed by atoms with Crippen molar-refractivity contribution < 1.29 is 48.0 Å². The molecule has 3 aliphatic carbocycles. The Labute approximate surface area is 276 Å². The van der Waals surface area contributed by atoms with E-state index in [4.69, 9.17) is 23.4 Å². The molecule has 0 amide bonds. The maximum absolute atomic E-state index is 15.0. The number of ether oxygens (including phenoxy) is 4. The van der Waals surface area contributed by atoms with E-state index in [0.717, 1.165) is 50.5 Å². The number of rotatable bonds is 7. The number of epoxide rings is 1. The molecule has 10 heteroatoms. The molecule has 7 aliphatic rings. The van der Waals surface area contributed by atoms with Crippen molar-refractivity contribution >= 4 is 17.7 Å². The third-order valence-corrected chi connectivity index (χ3v) is 14.2. The average Bonchev–Trinajstić information content (AvgIpc) is 3.58. The second kappa shape index (κ2) is 10.6. The van der Waals surface area contributed by atoms with Crippen molar-refractivity contribution in [2.45, 2.75) is 134 Å². The lowest BCUT2D eigenvalue weighted by Gasteiger charge is -2.70. The van der Waals surface area contributed by atoms with E-state index < -0.39 is 63.8 Å². The van der Waals surface area contributed by atoms with Crippen LogP contribution in [0.15, 0.2) is 16.7 Å². The number of hydrogen-bond donors (Lipinski definition) is 2. The number of hydrogen-bond acceptors (Lipinski definition) is 10. The van der Waals surface area contributed by atoms with Gasteiger partial charge in [-0.3, -0.25) is 9.59 Å². The molecular weight excluding hydrogens is 604 g/mol. The highest BCUT2D eigenvalue weighted by Gasteiger charge is 2.92. The van der Waals surface area contributed by atoms with Gasteiger partial charge in [0.25, 0.3) is 0 Å². The predicted octanol–water partition coefficient (Wildman–Crippen LogP) is 4.62. The predicted molar refractivity (Wildman–Crippen MR) is 166 cm³/mol. The summed E-state index contributed by atoms with van der Waals surface area (Å²) < 4.78 is 31.7. The maximum Gasteiger partial charge on any atom is 0.339 e. The molecule has 3 saturated carbocycles. The fraction of sp³-hybridized carbons (Fsp3) is 0.811. The Bertz CT molecular complexity index is 1460. The Kier molecular flexibility index (Phi) is 7.22. The number of carbonyl (C=O) groups excluding carboxylic acids is 3. The first-order chi connectivity index (χ1) is 22.4. The van der Waals surface area contributed by atoms with Gasteiger partial charge in [0, 0.05) is 34.8 Å². The summed E-state index contributed by atoms with van der Waals surface area (Å²) >= 11 is 0. The van der Waals surface area contributed by atoms with Crippen LogP contribution < -0.4 is 0 Å². The molecule has 4 aliphatic heterocycles. The highest BCUT2D eigenvalue weighted by atomic mass is 16.7. The normalized spacial score (nSPS) is 45.9. The molecular formula is C37H50O10. The van der Waals surface area contributed by atoms with Gasteiger partial charge in [-0.1, -0.05) is 39.5 Å². The number of esters is 2. The van der Waals surface area contributed by atoms with Gasteiger partial charge in [-0.25, -0.2) is 4.79 Å². The molecule has 0 aromatic carbocycles. The van der Waals surface area contributed by atoms with E-state index in [2.05, 4.69) is 13.8 Å². The van der Waals surface area contributed by atoms with Crippen LogP contribution in [0.2, 0.25) is 0 Å². The Balaban J connectivity index is 1.32. The minimum absolute atomic E-state index is 0.00527. The summed E-state index contributed by atoms with van der Waals surface area (Å²) in [4.78, 5) is 41.8. The minimum Gasteiger partial charge on any atom is -0.469 e. The molecule has 2 N–H and O–H groups in total. The number of carbonyl (C=O) groups is 3. The van der Waals surface area contributed by atoms with Crippen molar-refractivity contribution in [1.82, 2.24) is 0 Å². The van der Waals surface area contributed by atoms with E-state index >= 15 is 0 Å². The van der Waals surface area contributed by atoms with E-state index in [1.807, 2.05) is 19.9 Å². The van der Waals surface area contributed by atoms with Crippen molar-refractivity contribution in [3.63, 3.8) is 0 Å². The second-order valence-electron chi connectivity index (χ2n) is 16.6. The van der Waals surface area contributed by atoms with Crippen LogP contribution in [0.3, 0.4) is 0 Å². The summed E-state index contributed by atoms with van der Waals surface area (Å²) in [5.74, 6) is -1.44. The molecule has 10 nitrogen and oxygen atoms in total. The second-order valence-corrected chi connectivity index (χ2v) is 16.6. The van der Waals surface area contributed by atoms with E-state index in [1.165, 1.54) is 0 Å². The van der Waals surface area contributed by atoms with Crippen LogP contribution in [0.5, 0.6) is 0 Å². The van der Waals surface area contributed by atoms with Crippen LogP contribution >= 0.6 is 0 Å². The first-order valence-electron chi connectivity index (χ1n) is 18.0. The number of ketones is 1. The summed E-state index contributed by atoms with van der Waals surface area (Å²) in [6.45, 7) is 8.08. The van der Waals surface area contributed by atoms with Crippen molar-refractivity contribution in [2.24, 2.45) is 39.9 Å². The zero-order chi connectivity index (χ0) is 33.1. The molecule has 258 valence electrons. The van der Waals surface area contributed by atoms with Gasteiger partial charge >= 0.3 is 11.9 Å². The van der Waals surface area contributed by atoms with Crippen LogP contribution in [0, 0.1) is 39.9 Å². The summed E-state index contributed by atoms with van der Waals surface area (Å²) in [5, 5.41) is 22.9. The van der Waals surface area contributed by atoms with Crippen LogP contribution in [0.4, 0.5) is 0 Å². The Hall–Kier alpha value is -2.27. The number of aliphatic hydroxyl groups is 2. The van der Waals surface area contributed by atoms with Crippen LogP contribution in [0.1, 0.15) is 109 Å². The molecule has 11 atom stereocenters. The fourth-order valence-electron chi connectivity index (χ4n) is 12.7. The molecule has 8 rings (SSSR count). The maximum atomic E-state index is 15.0. The van der Waals surface area contributed by atoms with Gasteiger partial charge in [0.05, 0.1) is 30.3 Å². The van der Waals surface area contributed by atoms with Gasteiger partial charge in [0.1, 0.15) is 30.2 Å². The number of cyclic esters (lactones) is 2. The lowest BCUT2D eigenvalue weighted by atomic mass is 9.33. The fourth-order valence-corrected chi connectivity index (χ4v) is 12.7. The Morgan fingerprint density at radius 2 is 1.79 bits per heavy atom. The average molecular weight is 655 g/mol. The standard InChI is InChI=1S/C37H50O10/c1-5-9-20(18-38)16-23-22(13-15-43-23)30-34(4)14-12-24-35-19-44-26(39)17-25(35)46-33(2,3)28(35)27(40)29(41)36(24,21-10-7-6-8-11-21)37(34)31(47-37)32(42)45-30/h13,15,20-21,24-25,28-31,38,41H,5-12,14,16-19H2,1-4H3/t20-,24?,25-,28+,29+,30+,31+,34+,35-,36-,37-/m0/s1. The summed E-state index contributed by atoms with van der Waals surface area (Å²) in [6, 6.07) is 1.87. The van der Waals surface area contributed by atoms with E-state index in [1.54, 1.807) is 6.26 Å². The molecule has 0 radical (unpaired) electrons. The van der Waals surface area contributed by atoms with Crippen LogP contribution in [0.25, 0.3) is 0 Å². The molecule has 0 bridgehead atoms. The van der Waals surface area contributed by atoms with Crippen LogP contribution in [-0.4, -0.2) is 70.7 Å². The highest BCUT2D eigenvalue weighted by molar-refractivity contribution is 5.92. The molecule has 2 spiro atoms. The lowest BCUT2D eigenvalue weighted by Crippen LogP contribution is -2.79. The number of aliphatic hydroxyl groups excluding tert-OH is 2. The number of fused-ring (bicyclic) bond motifs is 1. The number of furan rings is 1. The molecule has 5 heterocycles. The third kappa shape index (κ3) is 3.85. The summed E-state index contributed by atoms with van der Waals surface area (Å²) in [6.07, 6.45) is 6.28. The van der Waals surface area contributed by atoms with Crippen molar-refractivity contribution in [1.29, 1.82) is 0 Å². The minimum atomic E-state index is -1.38. The Morgan fingerprint density at radius 1 is 1.02 bits per heavy atom. The van der Waals surface area contributed by atoms with Gasteiger partial charge in [0.15, 0.2) is 11.9 Å². The highest BCUT2D eigenvalue weighted by Crippen LogP contribution is 2.82. The number of Topliss-reactive ketones (excluding diaryl/α,β-unsaturated/α-hetero) is 1. The van der Waals surface area contributed by atoms with E-state index in [0.29, 0.717) is 25.0 Å². The van der Waals surface area contributed by atoms with Crippen molar-refractivity contribution in [3.8, 4) is 0 Å². The van der Waals surface area contributed by atoms with Gasteiger partial charge < -0.3 is 33.6 Å². The molecule has 1 unspecified atom stereocenters. The molecule has 1 aromatic heterocycles. The SMILES string of the molecule is CCC[C@H](CO)Cc1occc1[C@H]1OC(=O)[C@H]2O[C@@]23[C@@]2(C4CCCCC4)C(CC[C@]13C)[C@@]13COC(=O)C[C@@H]1OC(C)(C)[C@H]3C(=O)[C@H]2O. The van der Waals surface area contributed by atoms with Gasteiger partial charge in [-0.2, -0.15) is 0 Å². The van der Waals surface area contributed by atoms with Crippen molar-refractivity contribution in [2.75, 3.05) is 13.2 Å². The van der Waals surface area contributed by atoms with Gasteiger partial charge in [-0.05, 0) is 69.8 Å². The van der Waals surface area contributed by atoms with Gasteiger partial charge in [-0.15, -0.1) is 0 Å². The van der Waals surface area contributed by atoms with Crippen LogP contribution in [-0.2, 0) is 39.8 Å². The topological polar surface area (TPSA) is 145 Å². The molecule has 47 heavy (non-hydrogen) atoms. The molecule has 4 saturated heterocycles. The molecule has 1 aromatic rings.